The molecule has 1 fully saturated rings. The normalized spacial score (nSPS) is 14.9. The van der Waals surface area contributed by atoms with Gasteiger partial charge < -0.3 is 9.80 Å². The molecule has 10 heteroatoms. The second kappa shape index (κ2) is 6.31. The monoisotopic (exact) mass is 362 g/mol. The molecular formula is C17H18N10. The Labute approximate surface area is 155 Å². The third-order valence-corrected chi connectivity index (χ3v) is 4.66. The first-order valence-electron chi connectivity index (χ1n) is 8.79. The van der Waals surface area contributed by atoms with E-state index in [0.717, 1.165) is 43.5 Å². The zero-order valence-electron chi connectivity index (χ0n) is 14.8. The molecule has 0 amide bonds. The molecule has 0 unspecified atom stereocenters. The third kappa shape index (κ3) is 2.84. The van der Waals surface area contributed by atoms with Gasteiger partial charge in [0.25, 0.3) is 5.78 Å². The molecule has 0 N–H and O–H groups in total. The van der Waals surface area contributed by atoms with E-state index in [2.05, 4.69) is 46.2 Å². The first kappa shape index (κ1) is 15.7. The Kier molecular flexibility index (Phi) is 3.66. The highest BCUT2D eigenvalue weighted by Crippen LogP contribution is 2.20. The van der Waals surface area contributed by atoms with Gasteiger partial charge in [0.15, 0.2) is 11.6 Å². The fourth-order valence-corrected chi connectivity index (χ4v) is 3.31. The minimum absolute atomic E-state index is 0.632. The Morgan fingerprint density at radius 3 is 2.44 bits per heavy atom. The maximum atomic E-state index is 4.41. The Morgan fingerprint density at radius 1 is 0.926 bits per heavy atom. The Hall–Kier alpha value is -3.56. The number of hydrogen-bond donors (Lipinski definition) is 0. The molecule has 5 rings (SSSR count). The van der Waals surface area contributed by atoms with Crippen molar-refractivity contribution in [3.8, 4) is 5.82 Å². The van der Waals surface area contributed by atoms with Crippen LogP contribution in [0.4, 0.5) is 11.6 Å². The molecule has 0 radical (unpaired) electrons. The van der Waals surface area contributed by atoms with Crippen LogP contribution in [0.1, 0.15) is 5.69 Å². The largest absolute Gasteiger partial charge is 0.353 e. The Morgan fingerprint density at radius 2 is 1.70 bits per heavy atom. The molecule has 27 heavy (non-hydrogen) atoms. The summed E-state index contributed by atoms with van der Waals surface area (Å²) in [5.41, 5.74) is 0.938. The number of nitrogens with zero attached hydrogens (tertiary/aromatic N) is 10. The lowest BCUT2D eigenvalue weighted by molar-refractivity contribution is 0.629. The van der Waals surface area contributed by atoms with Crippen molar-refractivity contribution in [1.29, 1.82) is 0 Å². The molecule has 0 bridgehead atoms. The summed E-state index contributed by atoms with van der Waals surface area (Å²) in [6.45, 7) is 5.41. The number of aromatic nitrogens is 8. The van der Waals surface area contributed by atoms with E-state index in [9.17, 15) is 0 Å². The van der Waals surface area contributed by atoms with E-state index < -0.39 is 0 Å². The van der Waals surface area contributed by atoms with Gasteiger partial charge in [-0.05, 0) is 25.1 Å². The van der Waals surface area contributed by atoms with E-state index >= 15 is 0 Å². The van der Waals surface area contributed by atoms with Crippen LogP contribution in [0.25, 0.3) is 11.6 Å². The molecule has 1 aliphatic heterocycles. The average molecular weight is 362 g/mol. The van der Waals surface area contributed by atoms with Crippen molar-refractivity contribution in [2.75, 3.05) is 36.0 Å². The van der Waals surface area contributed by atoms with Crippen LogP contribution in [0.5, 0.6) is 0 Å². The number of fused-ring (bicyclic) bond motifs is 1. The van der Waals surface area contributed by atoms with Crippen molar-refractivity contribution in [1.82, 2.24) is 39.6 Å². The highest BCUT2D eigenvalue weighted by Gasteiger charge is 2.21. The van der Waals surface area contributed by atoms with Gasteiger partial charge in [0.05, 0.1) is 0 Å². The van der Waals surface area contributed by atoms with Crippen LogP contribution < -0.4 is 9.80 Å². The van der Waals surface area contributed by atoms with Crippen molar-refractivity contribution in [3.05, 3.63) is 48.7 Å². The molecule has 1 aliphatic rings. The number of piperazine rings is 1. The van der Waals surface area contributed by atoms with E-state index in [1.807, 2.05) is 31.3 Å². The molecule has 0 saturated carbocycles. The zero-order valence-corrected chi connectivity index (χ0v) is 14.8. The first-order chi connectivity index (χ1) is 13.3. The van der Waals surface area contributed by atoms with Gasteiger partial charge in [-0.15, -0.1) is 10.2 Å². The van der Waals surface area contributed by atoms with Gasteiger partial charge in [-0.25, -0.2) is 9.67 Å². The molecule has 4 aromatic heterocycles. The van der Waals surface area contributed by atoms with Crippen molar-refractivity contribution in [2.45, 2.75) is 6.92 Å². The van der Waals surface area contributed by atoms with E-state index in [0.29, 0.717) is 11.6 Å². The van der Waals surface area contributed by atoms with Gasteiger partial charge in [-0.1, -0.05) is 0 Å². The summed E-state index contributed by atoms with van der Waals surface area (Å²) in [6, 6.07) is 7.84. The van der Waals surface area contributed by atoms with Gasteiger partial charge in [0.1, 0.15) is 12.1 Å². The van der Waals surface area contributed by atoms with E-state index in [1.54, 1.807) is 15.4 Å². The number of rotatable bonds is 3. The average Bonchev–Trinajstić information content (AvgIpc) is 3.39. The third-order valence-electron chi connectivity index (χ3n) is 4.66. The molecule has 1 saturated heterocycles. The Bertz CT molecular complexity index is 1050. The summed E-state index contributed by atoms with van der Waals surface area (Å²) in [4.78, 5) is 13.2. The Balaban J connectivity index is 1.32. The van der Waals surface area contributed by atoms with Crippen LogP contribution in [0.15, 0.2) is 43.0 Å². The van der Waals surface area contributed by atoms with Crippen molar-refractivity contribution in [2.24, 2.45) is 0 Å². The lowest BCUT2D eigenvalue weighted by Crippen LogP contribution is -2.47. The maximum Gasteiger partial charge on any atom is 0.254 e. The number of aryl methyl sites for hydroxylation is 1. The quantitative estimate of drug-likeness (QED) is 0.527. The molecule has 0 aromatic carbocycles. The zero-order chi connectivity index (χ0) is 18.2. The van der Waals surface area contributed by atoms with Crippen molar-refractivity contribution in [3.63, 3.8) is 0 Å². The van der Waals surface area contributed by atoms with E-state index in [1.165, 1.54) is 6.33 Å². The van der Waals surface area contributed by atoms with Gasteiger partial charge in [-0.2, -0.15) is 19.7 Å². The molecule has 4 aromatic rings. The molecule has 136 valence electrons. The van der Waals surface area contributed by atoms with Crippen molar-refractivity contribution < 1.29 is 0 Å². The maximum absolute atomic E-state index is 4.41. The second-order valence-corrected chi connectivity index (χ2v) is 6.40. The van der Waals surface area contributed by atoms with Crippen LogP contribution in [0, 0.1) is 6.92 Å². The summed E-state index contributed by atoms with van der Waals surface area (Å²) in [5.74, 6) is 3.24. The molecule has 0 spiro atoms. The van der Waals surface area contributed by atoms with Crippen molar-refractivity contribution >= 4 is 17.4 Å². The number of anilines is 2. The van der Waals surface area contributed by atoms with Crippen LogP contribution in [-0.4, -0.2) is 65.7 Å². The van der Waals surface area contributed by atoms with Crippen LogP contribution in [-0.2, 0) is 0 Å². The minimum atomic E-state index is 0.632. The summed E-state index contributed by atoms with van der Waals surface area (Å²) < 4.78 is 3.49. The van der Waals surface area contributed by atoms with Crippen LogP contribution >= 0.6 is 0 Å². The van der Waals surface area contributed by atoms with Crippen LogP contribution in [0.3, 0.4) is 0 Å². The first-order valence-corrected chi connectivity index (χ1v) is 8.79. The second-order valence-electron chi connectivity index (χ2n) is 6.40. The lowest BCUT2D eigenvalue weighted by atomic mass is 10.3. The standard InChI is InChI=1S/C17H18N10/c1-13-11-16(27-17(21-13)18-12-20-27)25-9-7-24(8-10-25)14-3-4-15(23-22-14)26-6-2-5-19-26/h2-6,11-12H,7-10H2,1H3. The molecule has 5 heterocycles. The van der Waals surface area contributed by atoms with Crippen LogP contribution in [0.2, 0.25) is 0 Å². The molecular weight excluding hydrogens is 344 g/mol. The summed E-state index contributed by atoms with van der Waals surface area (Å²) >= 11 is 0. The molecule has 10 nitrogen and oxygen atoms in total. The molecule has 0 aliphatic carbocycles. The topological polar surface area (TPSA) is 93.2 Å². The minimum Gasteiger partial charge on any atom is -0.353 e. The fourth-order valence-electron chi connectivity index (χ4n) is 3.31. The highest BCUT2D eigenvalue weighted by molar-refractivity contribution is 5.49. The van der Waals surface area contributed by atoms with Gasteiger partial charge in [0, 0.05) is 50.3 Å². The summed E-state index contributed by atoms with van der Waals surface area (Å²) in [5, 5.41) is 17.1. The SMILES string of the molecule is Cc1cc(N2CCN(c3ccc(-n4cccn4)nn3)CC2)n2ncnc2n1. The summed E-state index contributed by atoms with van der Waals surface area (Å²) in [7, 11) is 0. The predicted octanol–water partition coefficient (Wildman–Crippen LogP) is 0.735. The van der Waals surface area contributed by atoms with Gasteiger partial charge in [0.2, 0.25) is 0 Å². The highest BCUT2D eigenvalue weighted by atomic mass is 15.4. The number of hydrogen-bond acceptors (Lipinski definition) is 8. The van der Waals surface area contributed by atoms with Gasteiger partial charge in [-0.3, -0.25) is 0 Å². The molecule has 0 atom stereocenters. The van der Waals surface area contributed by atoms with E-state index in [-0.39, 0.29) is 0 Å². The fraction of sp³-hybridized carbons (Fsp3) is 0.294. The predicted molar refractivity (Wildman–Crippen MR) is 99.1 cm³/mol. The smallest absolute Gasteiger partial charge is 0.254 e. The van der Waals surface area contributed by atoms with E-state index in [4.69, 9.17) is 0 Å². The lowest BCUT2D eigenvalue weighted by Gasteiger charge is -2.36. The summed E-state index contributed by atoms with van der Waals surface area (Å²) in [6.07, 6.45) is 5.12. The van der Waals surface area contributed by atoms with Gasteiger partial charge >= 0.3 is 0 Å².